The lowest BCUT2D eigenvalue weighted by Crippen LogP contribution is -2.63. The fraction of sp³-hybridized carbons (Fsp3) is 0.400. The van der Waals surface area contributed by atoms with Gasteiger partial charge < -0.3 is 4.74 Å². The highest BCUT2D eigenvalue weighted by Crippen LogP contribution is 2.37. The van der Waals surface area contributed by atoms with Gasteiger partial charge in [-0.1, -0.05) is 18.0 Å². The number of allylic oxidation sites excluding steroid dienone is 2. The van der Waals surface area contributed by atoms with Gasteiger partial charge >= 0.3 is 0 Å². The van der Waals surface area contributed by atoms with Crippen LogP contribution in [0.5, 0.6) is 0 Å². The zero-order chi connectivity index (χ0) is 11.9. The maximum absolute atomic E-state index is 12.1. The van der Waals surface area contributed by atoms with Crippen LogP contribution in [0.4, 0.5) is 0 Å². The fourth-order valence-electron chi connectivity index (χ4n) is 1.89. The number of β-lactam (4-membered cyclic amide) rings is 1. The van der Waals surface area contributed by atoms with Crippen LogP contribution in [0, 0.1) is 0 Å². The van der Waals surface area contributed by atoms with E-state index in [1.807, 2.05) is 6.26 Å². The van der Waals surface area contributed by atoms with Gasteiger partial charge in [0, 0.05) is 27.8 Å². The van der Waals surface area contributed by atoms with Gasteiger partial charge in [0.25, 0.3) is 5.91 Å². The third kappa shape index (κ3) is 1.52. The summed E-state index contributed by atoms with van der Waals surface area (Å²) in [6.45, 7) is 0. The van der Waals surface area contributed by atoms with E-state index in [0.29, 0.717) is 4.91 Å². The van der Waals surface area contributed by atoms with E-state index in [0.717, 1.165) is 0 Å². The normalized spacial score (nSPS) is 37.5. The monoisotopic (exact) mass is 259 g/mol. The van der Waals surface area contributed by atoms with Crippen molar-refractivity contribution in [1.29, 1.82) is 0 Å². The van der Waals surface area contributed by atoms with Gasteiger partial charge in [0.2, 0.25) is 0 Å². The Morgan fingerprint density at radius 3 is 2.75 bits per heavy atom. The molecule has 0 aromatic heterocycles. The van der Waals surface area contributed by atoms with Crippen LogP contribution in [0.1, 0.15) is 0 Å². The van der Waals surface area contributed by atoms with E-state index in [9.17, 15) is 9.00 Å². The number of carbonyl (C=O) groups is 1. The molecule has 16 heavy (non-hydrogen) atoms. The second kappa shape index (κ2) is 3.94. The summed E-state index contributed by atoms with van der Waals surface area (Å²) < 4.78 is 18.8. The number of methoxy groups -OCH3 is 1. The Balaban J connectivity index is 2.31. The van der Waals surface area contributed by atoms with E-state index in [1.165, 1.54) is 19.1 Å². The van der Waals surface area contributed by atoms with Gasteiger partial charge in [-0.15, -0.1) is 0 Å². The molecule has 4 nitrogen and oxygen atoms in total. The molecule has 6 heteroatoms. The first-order chi connectivity index (χ1) is 7.53. The lowest BCUT2D eigenvalue weighted by atomic mass is 10.0. The molecule has 0 radical (unpaired) electrons. The second-order valence-electron chi connectivity index (χ2n) is 3.57. The predicted octanol–water partition coefficient (Wildman–Crippen LogP) is 0.618. The Morgan fingerprint density at radius 1 is 1.62 bits per heavy atom. The molecular weight excluding hydrogens is 246 g/mol. The predicted molar refractivity (Wildman–Crippen MR) is 67.4 cm³/mol. The average molecular weight is 259 g/mol. The van der Waals surface area contributed by atoms with Crippen molar-refractivity contribution in [2.24, 2.45) is 0 Å². The first-order valence-corrected chi connectivity index (χ1v) is 7.65. The zero-order valence-corrected chi connectivity index (χ0v) is 10.7. The van der Waals surface area contributed by atoms with Crippen molar-refractivity contribution in [3.05, 3.63) is 22.5 Å². The van der Waals surface area contributed by atoms with Crippen LogP contribution in [0.3, 0.4) is 0 Å². The minimum Gasteiger partial charge on any atom is -0.369 e. The highest BCUT2D eigenvalue weighted by Gasteiger charge is 2.51. The first kappa shape index (κ1) is 11.8. The number of nitrogens with zero attached hydrogens (tertiary/aromatic N) is 1. The van der Waals surface area contributed by atoms with Gasteiger partial charge in [-0.25, -0.2) is 0 Å². The highest BCUT2D eigenvalue weighted by atomic mass is 32.2. The molecule has 0 bridgehead atoms. The van der Waals surface area contributed by atoms with Crippen LogP contribution < -0.4 is 0 Å². The molecule has 2 aliphatic heterocycles. The van der Waals surface area contributed by atoms with Crippen molar-refractivity contribution in [2.75, 3.05) is 13.4 Å². The minimum atomic E-state index is -2.36. The van der Waals surface area contributed by atoms with E-state index in [1.54, 1.807) is 21.9 Å². The van der Waals surface area contributed by atoms with Crippen LogP contribution in [0.15, 0.2) is 22.5 Å². The fourth-order valence-corrected chi connectivity index (χ4v) is 4.13. The number of carbonyl (C=O) groups excluding carboxylic acids is 1. The maximum atomic E-state index is 12.1. The molecule has 1 saturated heterocycles. The smallest absolute Gasteiger partial charge is 0.264 e. The summed E-state index contributed by atoms with van der Waals surface area (Å²) in [6, 6.07) is -0.257. The van der Waals surface area contributed by atoms with Crippen LogP contribution in [-0.2, 0) is 19.1 Å². The molecule has 0 saturated carbocycles. The Hall–Kier alpha value is -0.720. The molecule has 3 unspecified atom stereocenters. The Bertz CT molecular complexity index is 464. The van der Waals surface area contributed by atoms with Gasteiger partial charge in [-0.05, 0) is 17.4 Å². The van der Waals surface area contributed by atoms with Crippen molar-refractivity contribution in [3.8, 4) is 0 Å². The van der Waals surface area contributed by atoms with E-state index in [-0.39, 0.29) is 11.9 Å². The molecule has 88 valence electrons. The topological polar surface area (TPSA) is 46.6 Å². The van der Waals surface area contributed by atoms with E-state index < -0.39 is 15.6 Å². The quantitative estimate of drug-likeness (QED) is 0.423. The lowest BCUT2D eigenvalue weighted by Gasteiger charge is -2.45. The number of hydrogen-bond donors (Lipinski definition) is 0. The van der Waals surface area contributed by atoms with Crippen molar-refractivity contribution in [3.63, 3.8) is 0 Å². The number of hydrogen-bond acceptors (Lipinski definition) is 4. The largest absolute Gasteiger partial charge is 0.369 e. The third-order valence-corrected chi connectivity index (χ3v) is 5.27. The summed E-state index contributed by atoms with van der Waals surface area (Å²) in [5, 5.41) is 1.58. The summed E-state index contributed by atoms with van der Waals surface area (Å²) in [6.07, 6.45) is 4.77. The average Bonchev–Trinajstić information content (AvgIpc) is 2.55. The second-order valence-corrected chi connectivity index (χ2v) is 6.53. The van der Waals surface area contributed by atoms with Crippen molar-refractivity contribution in [2.45, 2.75) is 12.1 Å². The van der Waals surface area contributed by atoms with Crippen molar-refractivity contribution in [1.82, 2.24) is 4.31 Å². The SMILES string of the molecule is C=S1(=O)C=CC=C1C1C(OC)C(=O)N1SC. The molecule has 0 aliphatic carbocycles. The lowest BCUT2D eigenvalue weighted by molar-refractivity contribution is -0.154. The highest BCUT2D eigenvalue weighted by molar-refractivity contribution is 8.06. The van der Waals surface area contributed by atoms with Crippen molar-refractivity contribution < 1.29 is 13.7 Å². The van der Waals surface area contributed by atoms with Crippen molar-refractivity contribution >= 4 is 33.2 Å². The Labute approximate surface area is 99.5 Å². The van der Waals surface area contributed by atoms with Gasteiger partial charge in [-0.3, -0.25) is 13.3 Å². The van der Waals surface area contributed by atoms with Crippen LogP contribution in [-0.4, -0.2) is 45.8 Å². The standard InChI is InChI=1S/C10H13NO3S2/c1-14-9-8(11(15-2)10(9)12)7-5-4-6-16(7,3)13/h4-6,8-9H,3H2,1-2H3. The molecule has 0 spiro atoms. The minimum absolute atomic E-state index is 0.0806. The number of ether oxygens (including phenoxy) is 1. The summed E-state index contributed by atoms with van der Waals surface area (Å²) in [7, 11) is -0.876. The summed E-state index contributed by atoms with van der Waals surface area (Å²) in [5.74, 6) is 3.61. The molecular formula is C10H13NO3S2. The Kier molecular flexibility index (Phi) is 2.90. The maximum Gasteiger partial charge on any atom is 0.264 e. The number of rotatable bonds is 3. The van der Waals surface area contributed by atoms with Gasteiger partial charge in [0.15, 0.2) is 6.10 Å². The first-order valence-electron chi connectivity index (χ1n) is 4.68. The van der Waals surface area contributed by atoms with E-state index in [4.69, 9.17) is 4.74 Å². The molecule has 0 aromatic rings. The summed E-state index contributed by atoms with van der Waals surface area (Å²) >= 11 is 1.32. The Morgan fingerprint density at radius 2 is 2.31 bits per heavy atom. The van der Waals surface area contributed by atoms with Crippen LogP contribution in [0.25, 0.3) is 0 Å². The van der Waals surface area contributed by atoms with Gasteiger partial charge in [0.05, 0.1) is 0 Å². The van der Waals surface area contributed by atoms with Gasteiger partial charge in [-0.2, -0.15) is 0 Å². The molecule has 2 aliphatic rings. The van der Waals surface area contributed by atoms with Crippen LogP contribution in [0.2, 0.25) is 0 Å². The van der Waals surface area contributed by atoms with E-state index >= 15 is 0 Å². The third-order valence-electron chi connectivity index (χ3n) is 2.70. The molecule has 1 amide bonds. The molecule has 2 rings (SSSR count). The van der Waals surface area contributed by atoms with E-state index in [2.05, 4.69) is 5.87 Å². The molecule has 0 aromatic carbocycles. The molecule has 0 N–H and O–H groups in total. The summed E-state index contributed by atoms with van der Waals surface area (Å²) in [4.78, 5) is 12.3. The molecule has 3 atom stereocenters. The summed E-state index contributed by atoms with van der Waals surface area (Å²) in [5.41, 5.74) is 0. The number of amides is 1. The van der Waals surface area contributed by atoms with Crippen LogP contribution >= 0.6 is 11.9 Å². The zero-order valence-electron chi connectivity index (χ0n) is 9.08. The molecule has 2 heterocycles. The van der Waals surface area contributed by atoms with Gasteiger partial charge in [0.1, 0.15) is 6.04 Å². The molecule has 1 fully saturated rings.